The topological polar surface area (TPSA) is 46.1 Å². The van der Waals surface area contributed by atoms with Crippen LogP contribution in [0.15, 0.2) is 24.4 Å². The van der Waals surface area contributed by atoms with Gasteiger partial charge < -0.3 is 4.90 Å². The molecule has 0 saturated heterocycles. The number of aromatic nitrogens is 2. The second-order valence-corrected chi connectivity index (χ2v) is 4.85. The Kier molecular flexibility index (Phi) is 4.66. The predicted molar refractivity (Wildman–Crippen MR) is 80.5 cm³/mol. The van der Waals surface area contributed by atoms with Crippen molar-refractivity contribution in [3.63, 3.8) is 0 Å². The van der Waals surface area contributed by atoms with Gasteiger partial charge in [0.2, 0.25) is 5.91 Å². The third kappa shape index (κ3) is 3.13. The Balaban J connectivity index is 2.13. The quantitative estimate of drug-likeness (QED) is 0.840. The Morgan fingerprint density at radius 1 is 1.30 bits per heavy atom. The fourth-order valence-electron chi connectivity index (χ4n) is 2.37. The first-order valence-electron chi connectivity index (χ1n) is 7.14. The molecule has 4 heteroatoms. The normalized spacial score (nSPS) is 10.8. The molecule has 0 radical (unpaired) electrons. The van der Waals surface area contributed by atoms with E-state index in [4.69, 9.17) is 0 Å². The molecule has 0 atom stereocenters. The molecule has 2 aromatic heterocycles. The third-order valence-electron chi connectivity index (χ3n) is 3.61. The van der Waals surface area contributed by atoms with Crippen LogP contribution < -0.4 is 0 Å². The maximum Gasteiger partial charge on any atom is 0.222 e. The van der Waals surface area contributed by atoms with E-state index in [0.717, 1.165) is 41.8 Å². The molecule has 2 heterocycles. The molecule has 0 aliphatic carbocycles. The monoisotopic (exact) mass is 271 g/mol. The standard InChI is InChI=1S/C16H21N3O/c1-4-19(5-2)15(20)9-8-13-11-14-7-6-10-17-16(14)18-12(13)3/h6-7,10-11H,4-5,8-9H2,1-3H3. The van der Waals surface area contributed by atoms with Crippen LogP contribution in [-0.2, 0) is 11.2 Å². The first-order valence-corrected chi connectivity index (χ1v) is 7.14. The summed E-state index contributed by atoms with van der Waals surface area (Å²) in [6, 6.07) is 6.01. The second kappa shape index (κ2) is 6.46. The second-order valence-electron chi connectivity index (χ2n) is 4.85. The molecular formula is C16H21N3O. The fourth-order valence-corrected chi connectivity index (χ4v) is 2.37. The van der Waals surface area contributed by atoms with Crippen LogP contribution in [0.4, 0.5) is 0 Å². The Labute approximate surface area is 119 Å². The fraction of sp³-hybridized carbons (Fsp3) is 0.438. The summed E-state index contributed by atoms with van der Waals surface area (Å²) in [4.78, 5) is 22.7. The lowest BCUT2D eigenvalue weighted by Crippen LogP contribution is -2.30. The number of hydrogen-bond acceptors (Lipinski definition) is 3. The molecule has 20 heavy (non-hydrogen) atoms. The highest BCUT2D eigenvalue weighted by Crippen LogP contribution is 2.16. The first-order chi connectivity index (χ1) is 9.65. The van der Waals surface area contributed by atoms with E-state index in [1.807, 2.05) is 37.8 Å². The summed E-state index contributed by atoms with van der Waals surface area (Å²) in [6.07, 6.45) is 3.02. The molecule has 0 aliphatic heterocycles. The van der Waals surface area contributed by atoms with Gasteiger partial charge in [0.25, 0.3) is 0 Å². The molecule has 1 amide bonds. The summed E-state index contributed by atoms with van der Waals surface area (Å²) in [5, 5.41) is 1.03. The van der Waals surface area contributed by atoms with Crippen LogP contribution in [0.2, 0.25) is 0 Å². The first kappa shape index (κ1) is 14.4. The zero-order chi connectivity index (χ0) is 14.5. The molecule has 0 spiro atoms. The van der Waals surface area contributed by atoms with Crippen molar-refractivity contribution in [1.82, 2.24) is 14.9 Å². The SMILES string of the molecule is CCN(CC)C(=O)CCc1cc2cccnc2nc1C. The number of fused-ring (bicyclic) bond motifs is 1. The largest absolute Gasteiger partial charge is 0.343 e. The summed E-state index contributed by atoms with van der Waals surface area (Å²) in [5.74, 6) is 0.209. The lowest BCUT2D eigenvalue weighted by Gasteiger charge is -2.18. The zero-order valence-electron chi connectivity index (χ0n) is 12.4. The molecule has 0 fully saturated rings. The van der Waals surface area contributed by atoms with Crippen LogP contribution in [-0.4, -0.2) is 33.9 Å². The maximum absolute atomic E-state index is 12.0. The molecule has 0 N–H and O–H groups in total. The van der Waals surface area contributed by atoms with Crippen LogP contribution in [0.3, 0.4) is 0 Å². The Hall–Kier alpha value is -1.97. The minimum absolute atomic E-state index is 0.209. The molecular weight excluding hydrogens is 250 g/mol. The average molecular weight is 271 g/mol. The van der Waals surface area contributed by atoms with Gasteiger partial charge >= 0.3 is 0 Å². The molecule has 2 aromatic rings. The molecule has 2 rings (SSSR count). The molecule has 0 unspecified atom stereocenters. The summed E-state index contributed by atoms with van der Waals surface area (Å²) < 4.78 is 0. The van der Waals surface area contributed by atoms with Crippen LogP contribution in [0.5, 0.6) is 0 Å². The molecule has 0 aromatic carbocycles. The number of nitrogens with zero attached hydrogens (tertiary/aromatic N) is 3. The minimum Gasteiger partial charge on any atom is -0.343 e. The van der Waals surface area contributed by atoms with Crippen molar-refractivity contribution in [3.8, 4) is 0 Å². The molecule has 4 nitrogen and oxygen atoms in total. The smallest absolute Gasteiger partial charge is 0.222 e. The minimum atomic E-state index is 0.209. The van der Waals surface area contributed by atoms with Crippen LogP contribution in [0.1, 0.15) is 31.5 Å². The van der Waals surface area contributed by atoms with Crippen molar-refractivity contribution in [2.24, 2.45) is 0 Å². The van der Waals surface area contributed by atoms with Crippen molar-refractivity contribution in [3.05, 3.63) is 35.7 Å². The van der Waals surface area contributed by atoms with Crippen molar-refractivity contribution in [1.29, 1.82) is 0 Å². The van der Waals surface area contributed by atoms with E-state index in [2.05, 4.69) is 16.0 Å². The van der Waals surface area contributed by atoms with Gasteiger partial charge in [-0.3, -0.25) is 4.79 Å². The van der Waals surface area contributed by atoms with E-state index < -0.39 is 0 Å². The molecule has 0 aliphatic rings. The van der Waals surface area contributed by atoms with Gasteiger partial charge in [-0.15, -0.1) is 0 Å². The van der Waals surface area contributed by atoms with E-state index in [-0.39, 0.29) is 5.91 Å². The number of amides is 1. The number of rotatable bonds is 5. The van der Waals surface area contributed by atoms with Crippen LogP contribution >= 0.6 is 0 Å². The Morgan fingerprint density at radius 3 is 2.75 bits per heavy atom. The number of pyridine rings is 2. The van der Waals surface area contributed by atoms with Gasteiger partial charge in [0.05, 0.1) is 0 Å². The molecule has 0 saturated carbocycles. The summed E-state index contributed by atoms with van der Waals surface area (Å²) >= 11 is 0. The highest BCUT2D eigenvalue weighted by molar-refractivity contribution is 5.78. The van der Waals surface area contributed by atoms with Crippen molar-refractivity contribution < 1.29 is 4.79 Å². The van der Waals surface area contributed by atoms with Gasteiger partial charge in [-0.05, 0) is 51.0 Å². The average Bonchev–Trinajstić information content (AvgIpc) is 2.46. The molecule has 0 bridgehead atoms. The van der Waals surface area contributed by atoms with E-state index in [1.165, 1.54) is 0 Å². The van der Waals surface area contributed by atoms with Crippen LogP contribution in [0, 0.1) is 6.92 Å². The van der Waals surface area contributed by atoms with E-state index >= 15 is 0 Å². The highest BCUT2D eigenvalue weighted by atomic mass is 16.2. The number of aryl methyl sites for hydroxylation is 2. The highest BCUT2D eigenvalue weighted by Gasteiger charge is 2.11. The summed E-state index contributed by atoms with van der Waals surface area (Å²) in [7, 11) is 0. The van der Waals surface area contributed by atoms with E-state index in [0.29, 0.717) is 6.42 Å². The molecule has 106 valence electrons. The number of carbonyl (C=O) groups is 1. The lowest BCUT2D eigenvalue weighted by molar-refractivity contribution is -0.130. The number of carbonyl (C=O) groups excluding carboxylic acids is 1. The van der Waals surface area contributed by atoms with Crippen molar-refractivity contribution in [2.75, 3.05) is 13.1 Å². The zero-order valence-corrected chi connectivity index (χ0v) is 12.4. The van der Waals surface area contributed by atoms with E-state index in [9.17, 15) is 4.79 Å². The van der Waals surface area contributed by atoms with Gasteiger partial charge in [0, 0.05) is 36.8 Å². The van der Waals surface area contributed by atoms with Gasteiger partial charge in [0.15, 0.2) is 5.65 Å². The summed E-state index contributed by atoms with van der Waals surface area (Å²) in [6.45, 7) is 7.54. The summed E-state index contributed by atoms with van der Waals surface area (Å²) in [5.41, 5.74) is 2.86. The van der Waals surface area contributed by atoms with Crippen molar-refractivity contribution >= 4 is 16.9 Å². The van der Waals surface area contributed by atoms with Gasteiger partial charge in [-0.25, -0.2) is 9.97 Å². The van der Waals surface area contributed by atoms with E-state index in [1.54, 1.807) is 6.20 Å². The maximum atomic E-state index is 12.0. The van der Waals surface area contributed by atoms with Gasteiger partial charge in [-0.2, -0.15) is 0 Å². The third-order valence-corrected chi connectivity index (χ3v) is 3.61. The van der Waals surface area contributed by atoms with Crippen LogP contribution in [0.25, 0.3) is 11.0 Å². The Bertz CT molecular complexity index is 606. The predicted octanol–water partition coefficient (Wildman–Crippen LogP) is 2.74. The van der Waals surface area contributed by atoms with Gasteiger partial charge in [-0.1, -0.05) is 0 Å². The van der Waals surface area contributed by atoms with Gasteiger partial charge in [0.1, 0.15) is 0 Å². The van der Waals surface area contributed by atoms with Crippen molar-refractivity contribution in [2.45, 2.75) is 33.6 Å². The Morgan fingerprint density at radius 2 is 2.05 bits per heavy atom. The lowest BCUT2D eigenvalue weighted by atomic mass is 10.1. The number of hydrogen-bond donors (Lipinski definition) is 0.